The van der Waals surface area contributed by atoms with Gasteiger partial charge in [-0.3, -0.25) is 14.3 Å². The molecule has 1 atom stereocenters. The largest absolute Gasteiger partial charge is 0.335 e. The summed E-state index contributed by atoms with van der Waals surface area (Å²) in [5.41, 5.74) is -0.686. The van der Waals surface area contributed by atoms with E-state index in [0.29, 0.717) is 12.8 Å². The fraction of sp³-hybridized carbons (Fsp3) is 0.600. The molecule has 0 N–H and O–H groups in total. The molecule has 1 aliphatic rings. The van der Waals surface area contributed by atoms with Crippen LogP contribution in [0, 0.1) is 11.3 Å². The highest BCUT2D eigenvalue weighted by Gasteiger charge is 2.43. The molecule has 1 aromatic rings. The summed E-state index contributed by atoms with van der Waals surface area (Å²) in [7, 11) is 3.23. The smallest absolute Gasteiger partial charge is 0.247 e. The first-order chi connectivity index (χ1) is 10.4. The molecule has 0 radical (unpaired) electrons. The highest BCUT2D eigenvalue weighted by atomic mass is 16.2. The van der Waals surface area contributed by atoms with E-state index < -0.39 is 11.6 Å². The van der Waals surface area contributed by atoms with Gasteiger partial charge in [0, 0.05) is 26.5 Å². The maximum absolute atomic E-state index is 12.3. The van der Waals surface area contributed by atoms with E-state index in [1.165, 1.54) is 9.80 Å². The van der Waals surface area contributed by atoms with Crippen molar-refractivity contribution < 1.29 is 9.59 Å². The third kappa shape index (κ3) is 2.82. The number of hydrogen-bond acceptors (Lipinski definition) is 4. The molecular weight excluding hydrogens is 282 g/mol. The van der Waals surface area contributed by atoms with Gasteiger partial charge >= 0.3 is 0 Å². The van der Waals surface area contributed by atoms with Crippen LogP contribution in [0.4, 0.5) is 0 Å². The molecule has 7 heteroatoms. The van der Waals surface area contributed by atoms with E-state index in [1.807, 2.05) is 0 Å². The van der Waals surface area contributed by atoms with Crippen molar-refractivity contribution in [1.29, 1.82) is 5.26 Å². The fourth-order valence-corrected chi connectivity index (χ4v) is 2.60. The predicted octanol–water partition coefficient (Wildman–Crippen LogP) is 0.807. The van der Waals surface area contributed by atoms with Crippen LogP contribution < -0.4 is 0 Å². The lowest BCUT2D eigenvalue weighted by molar-refractivity contribution is -0.144. The summed E-state index contributed by atoms with van der Waals surface area (Å²) < 4.78 is 1.55. The molecule has 2 rings (SSSR count). The van der Waals surface area contributed by atoms with Crippen LogP contribution in [0.2, 0.25) is 0 Å². The molecule has 1 fully saturated rings. The van der Waals surface area contributed by atoms with Crippen molar-refractivity contribution in [3.05, 3.63) is 18.5 Å². The van der Waals surface area contributed by atoms with E-state index in [1.54, 1.807) is 44.2 Å². The van der Waals surface area contributed by atoms with E-state index in [-0.39, 0.29) is 18.4 Å². The van der Waals surface area contributed by atoms with Gasteiger partial charge in [-0.1, -0.05) is 0 Å². The SMILES string of the molecule is CC(C(=O)N(C)CC(=O)N(C)C1(C#N)CCC1)n1cccn1. The molecule has 0 aromatic carbocycles. The van der Waals surface area contributed by atoms with Crippen molar-refractivity contribution in [3.63, 3.8) is 0 Å². The summed E-state index contributed by atoms with van der Waals surface area (Å²) in [6.45, 7) is 1.70. The average molecular weight is 303 g/mol. The molecule has 0 aliphatic heterocycles. The van der Waals surface area contributed by atoms with Crippen molar-refractivity contribution in [1.82, 2.24) is 19.6 Å². The summed E-state index contributed by atoms with van der Waals surface area (Å²) >= 11 is 0. The molecular formula is C15H21N5O2. The lowest BCUT2D eigenvalue weighted by atomic mass is 9.76. The highest BCUT2D eigenvalue weighted by Crippen LogP contribution is 2.36. The number of carbonyl (C=O) groups is 2. The molecule has 1 unspecified atom stereocenters. The molecule has 7 nitrogen and oxygen atoms in total. The minimum atomic E-state index is -0.686. The van der Waals surface area contributed by atoms with Crippen LogP contribution in [0.5, 0.6) is 0 Å². The van der Waals surface area contributed by atoms with Gasteiger partial charge in [-0.15, -0.1) is 0 Å². The average Bonchev–Trinajstić information content (AvgIpc) is 2.99. The Bertz CT molecular complexity index is 586. The number of carbonyl (C=O) groups excluding carboxylic acids is 2. The predicted molar refractivity (Wildman–Crippen MR) is 79.5 cm³/mol. The van der Waals surface area contributed by atoms with Gasteiger partial charge < -0.3 is 9.80 Å². The number of nitrogens with zero attached hydrogens (tertiary/aromatic N) is 5. The maximum atomic E-state index is 12.3. The van der Waals surface area contributed by atoms with E-state index in [9.17, 15) is 14.9 Å². The highest BCUT2D eigenvalue weighted by molar-refractivity contribution is 5.86. The summed E-state index contributed by atoms with van der Waals surface area (Å²) in [6.07, 6.45) is 5.68. The van der Waals surface area contributed by atoms with Gasteiger partial charge in [0.15, 0.2) is 0 Å². The Morgan fingerprint density at radius 3 is 2.59 bits per heavy atom. The molecule has 0 spiro atoms. The Hall–Kier alpha value is -2.36. The van der Waals surface area contributed by atoms with Gasteiger partial charge in [0.1, 0.15) is 11.6 Å². The Morgan fingerprint density at radius 2 is 2.14 bits per heavy atom. The summed E-state index contributed by atoms with van der Waals surface area (Å²) in [5.74, 6) is -0.408. The first-order valence-electron chi connectivity index (χ1n) is 7.33. The molecule has 1 saturated carbocycles. The monoisotopic (exact) mass is 303 g/mol. The van der Waals surface area contributed by atoms with E-state index >= 15 is 0 Å². The van der Waals surface area contributed by atoms with Gasteiger partial charge in [0.05, 0.1) is 12.6 Å². The lowest BCUT2D eigenvalue weighted by Gasteiger charge is -2.43. The van der Waals surface area contributed by atoms with Crippen LogP contribution in [-0.2, 0) is 9.59 Å². The van der Waals surface area contributed by atoms with E-state index in [0.717, 1.165) is 6.42 Å². The van der Waals surface area contributed by atoms with Crippen LogP contribution >= 0.6 is 0 Å². The van der Waals surface area contributed by atoms with Crippen molar-refractivity contribution in [2.24, 2.45) is 0 Å². The number of hydrogen-bond donors (Lipinski definition) is 0. The van der Waals surface area contributed by atoms with E-state index in [4.69, 9.17) is 0 Å². The number of likely N-dealkylation sites (N-methyl/N-ethyl adjacent to an activating group) is 2. The fourth-order valence-electron chi connectivity index (χ4n) is 2.60. The van der Waals surface area contributed by atoms with Crippen molar-refractivity contribution in [2.45, 2.75) is 37.8 Å². The van der Waals surface area contributed by atoms with Crippen LogP contribution in [0.1, 0.15) is 32.2 Å². The summed E-state index contributed by atoms with van der Waals surface area (Å²) in [6, 6.07) is 3.51. The van der Waals surface area contributed by atoms with Crippen LogP contribution in [-0.4, -0.2) is 57.6 Å². The lowest BCUT2D eigenvalue weighted by Crippen LogP contribution is -2.55. The molecule has 1 aliphatic carbocycles. The molecule has 22 heavy (non-hydrogen) atoms. The summed E-state index contributed by atoms with van der Waals surface area (Å²) in [4.78, 5) is 27.5. The molecule has 1 heterocycles. The summed E-state index contributed by atoms with van der Waals surface area (Å²) in [5, 5.41) is 13.3. The second kappa shape index (κ2) is 6.18. The zero-order valence-corrected chi connectivity index (χ0v) is 13.2. The molecule has 0 saturated heterocycles. The quantitative estimate of drug-likeness (QED) is 0.806. The first-order valence-corrected chi connectivity index (χ1v) is 7.33. The number of aromatic nitrogens is 2. The zero-order valence-electron chi connectivity index (χ0n) is 13.2. The molecule has 1 aromatic heterocycles. The van der Waals surface area contributed by atoms with Gasteiger partial charge in [0.2, 0.25) is 11.8 Å². The topological polar surface area (TPSA) is 82.2 Å². The third-order valence-corrected chi connectivity index (χ3v) is 4.43. The maximum Gasteiger partial charge on any atom is 0.247 e. The Balaban J connectivity index is 1.96. The number of amides is 2. The van der Waals surface area contributed by atoms with Gasteiger partial charge in [-0.05, 0) is 32.3 Å². The standard InChI is InChI=1S/C15H21N5O2/c1-12(20-9-5-8-17-20)14(22)18(2)10-13(21)19(3)15(11-16)6-4-7-15/h5,8-9,12H,4,6-7,10H2,1-3H3. The van der Waals surface area contributed by atoms with Gasteiger partial charge in [-0.2, -0.15) is 10.4 Å². The third-order valence-electron chi connectivity index (χ3n) is 4.43. The Labute approximate surface area is 130 Å². The number of nitriles is 1. The van der Waals surface area contributed by atoms with Crippen LogP contribution in [0.15, 0.2) is 18.5 Å². The van der Waals surface area contributed by atoms with Gasteiger partial charge in [0.25, 0.3) is 0 Å². The van der Waals surface area contributed by atoms with Crippen LogP contribution in [0.25, 0.3) is 0 Å². The minimum Gasteiger partial charge on any atom is -0.335 e. The first kappa shape index (κ1) is 16.0. The second-order valence-corrected chi connectivity index (χ2v) is 5.81. The second-order valence-electron chi connectivity index (χ2n) is 5.81. The molecule has 118 valence electrons. The van der Waals surface area contributed by atoms with Crippen molar-refractivity contribution >= 4 is 11.8 Å². The molecule has 0 bridgehead atoms. The van der Waals surface area contributed by atoms with Crippen LogP contribution in [0.3, 0.4) is 0 Å². The molecule has 2 amide bonds. The zero-order chi connectivity index (χ0) is 16.3. The van der Waals surface area contributed by atoms with Gasteiger partial charge in [-0.25, -0.2) is 0 Å². The Kier molecular flexibility index (Phi) is 4.50. The number of rotatable bonds is 5. The minimum absolute atomic E-state index is 0.0373. The Morgan fingerprint density at radius 1 is 1.45 bits per heavy atom. The van der Waals surface area contributed by atoms with Crippen molar-refractivity contribution in [2.75, 3.05) is 20.6 Å². The normalized spacial score (nSPS) is 17.0. The van der Waals surface area contributed by atoms with Crippen molar-refractivity contribution in [3.8, 4) is 6.07 Å². The van der Waals surface area contributed by atoms with E-state index in [2.05, 4.69) is 11.2 Å².